The highest BCUT2D eigenvalue weighted by atomic mass is 35.5. The molecule has 1 aromatic rings. The lowest BCUT2D eigenvalue weighted by atomic mass is 9.91. The smallest absolute Gasteiger partial charge is 0.249 e. The largest absolute Gasteiger partial charge is 0.340 e. The van der Waals surface area contributed by atoms with E-state index >= 15 is 0 Å². The van der Waals surface area contributed by atoms with E-state index in [9.17, 15) is 9.59 Å². The lowest BCUT2D eigenvalue weighted by Crippen LogP contribution is -2.66. The molecule has 5 heteroatoms. The van der Waals surface area contributed by atoms with Crippen LogP contribution in [0, 0.1) is 5.92 Å². The third kappa shape index (κ3) is 2.29. The third-order valence-electron chi connectivity index (χ3n) is 4.18. The molecule has 1 unspecified atom stereocenters. The lowest BCUT2D eigenvalue weighted by Gasteiger charge is -2.40. The lowest BCUT2D eigenvalue weighted by molar-refractivity contribution is -0.150. The van der Waals surface area contributed by atoms with Gasteiger partial charge in [0, 0.05) is 11.6 Å². The number of nitrogens with zero attached hydrogens (tertiary/aromatic N) is 1. The minimum absolute atomic E-state index is 0.000445. The van der Waals surface area contributed by atoms with Gasteiger partial charge >= 0.3 is 0 Å². The van der Waals surface area contributed by atoms with E-state index < -0.39 is 5.54 Å². The van der Waals surface area contributed by atoms with Crippen LogP contribution in [-0.4, -0.2) is 28.8 Å². The van der Waals surface area contributed by atoms with Gasteiger partial charge in [-0.05, 0) is 37.3 Å². The van der Waals surface area contributed by atoms with Crippen molar-refractivity contribution in [2.24, 2.45) is 5.92 Å². The molecule has 1 N–H and O–H groups in total. The molecule has 0 spiro atoms. The highest BCUT2D eigenvalue weighted by Crippen LogP contribution is 2.41. The number of hydrogen-bond acceptors (Lipinski definition) is 2. The van der Waals surface area contributed by atoms with Gasteiger partial charge in [0.15, 0.2) is 0 Å². The highest BCUT2D eigenvalue weighted by Gasteiger charge is 2.52. The average Bonchev–Trinajstić information content (AvgIpc) is 3.22. The van der Waals surface area contributed by atoms with Crippen LogP contribution in [0.5, 0.6) is 0 Å². The number of benzene rings is 1. The van der Waals surface area contributed by atoms with Gasteiger partial charge in [-0.2, -0.15) is 0 Å². The fraction of sp³-hybridized carbons (Fsp3) is 0.467. The summed E-state index contributed by atoms with van der Waals surface area (Å²) in [6, 6.07) is 7.42. The van der Waals surface area contributed by atoms with Crippen molar-refractivity contribution in [2.75, 3.05) is 6.54 Å². The maximum Gasteiger partial charge on any atom is 0.249 e. The summed E-state index contributed by atoms with van der Waals surface area (Å²) in [6.07, 6.45) is 2.00. The monoisotopic (exact) mass is 292 g/mol. The molecule has 0 aromatic heterocycles. The maximum absolute atomic E-state index is 12.7. The summed E-state index contributed by atoms with van der Waals surface area (Å²) in [6.45, 7) is 2.32. The van der Waals surface area contributed by atoms with E-state index in [0.29, 0.717) is 11.6 Å². The number of rotatable bonds is 3. The van der Waals surface area contributed by atoms with Crippen molar-refractivity contribution in [1.29, 1.82) is 0 Å². The molecule has 3 rings (SSSR count). The molecule has 1 aromatic carbocycles. The van der Waals surface area contributed by atoms with Crippen molar-refractivity contribution in [3.63, 3.8) is 0 Å². The zero-order chi connectivity index (χ0) is 14.3. The van der Waals surface area contributed by atoms with Crippen LogP contribution in [0.4, 0.5) is 0 Å². The van der Waals surface area contributed by atoms with Gasteiger partial charge in [0.1, 0.15) is 5.54 Å². The normalized spacial score (nSPS) is 26.6. The van der Waals surface area contributed by atoms with Crippen molar-refractivity contribution in [3.05, 3.63) is 34.9 Å². The number of carbonyl (C=O) groups is 2. The topological polar surface area (TPSA) is 49.4 Å². The van der Waals surface area contributed by atoms with Crippen molar-refractivity contribution in [1.82, 2.24) is 10.2 Å². The molecular formula is C15H17ClN2O2. The Bertz CT molecular complexity index is 571. The van der Waals surface area contributed by atoms with Gasteiger partial charge in [0.05, 0.1) is 6.54 Å². The van der Waals surface area contributed by atoms with Crippen LogP contribution in [-0.2, 0) is 16.1 Å². The fourth-order valence-corrected chi connectivity index (χ4v) is 3.05. The summed E-state index contributed by atoms with van der Waals surface area (Å²) in [7, 11) is 0. The number of piperazine rings is 1. The second kappa shape index (κ2) is 4.77. The number of nitrogens with one attached hydrogen (secondary N) is 1. The quantitative estimate of drug-likeness (QED) is 0.926. The standard InChI is InChI=1S/C15H17ClN2O2/c1-15(11-6-7-11)14(20)18(9-13(19)17-15)8-10-4-2-3-5-12(10)16/h2-5,11H,6-9H2,1H3,(H,17,19). The number of hydrogen-bond donors (Lipinski definition) is 1. The van der Waals surface area contributed by atoms with Crippen LogP contribution >= 0.6 is 11.6 Å². The molecule has 1 aliphatic heterocycles. The predicted octanol–water partition coefficient (Wildman–Crippen LogP) is 1.97. The molecule has 106 valence electrons. The van der Waals surface area contributed by atoms with Gasteiger partial charge in [0.25, 0.3) is 0 Å². The van der Waals surface area contributed by atoms with E-state index in [1.807, 2.05) is 25.1 Å². The molecule has 1 saturated heterocycles. The Kier molecular flexibility index (Phi) is 3.21. The predicted molar refractivity (Wildman–Crippen MR) is 76.1 cm³/mol. The first kappa shape index (κ1) is 13.4. The molecule has 1 saturated carbocycles. The van der Waals surface area contributed by atoms with Crippen LogP contribution < -0.4 is 5.32 Å². The van der Waals surface area contributed by atoms with E-state index in [2.05, 4.69) is 5.32 Å². The molecule has 1 aliphatic carbocycles. The third-order valence-corrected chi connectivity index (χ3v) is 4.55. The second-order valence-electron chi connectivity index (χ2n) is 5.78. The van der Waals surface area contributed by atoms with Crippen molar-refractivity contribution >= 4 is 23.4 Å². The zero-order valence-corrected chi connectivity index (χ0v) is 12.1. The first-order valence-corrected chi connectivity index (χ1v) is 7.22. The molecule has 2 aliphatic rings. The number of carbonyl (C=O) groups excluding carboxylic acids is 2. The Morgan fingerprint density at radius 2 is 2.05 bits per heavy atom. The minimum atomic E-state index is -0.739. The summed E-state index contributed by atoms with van der Waals surface area (Å²) in [5.41, 5.74) is 0.131. The molecule has 1 atom stereocenters. The van der Waals surface area contributed by atoms with E-state index in [-0.39, 0.29) is 24.3 Å². The van der Waals surface area contributed by atoms with Gasteiger partial charge < -0.3 is 10.2 Å². The Balaban J connectivity index is 1.84. The highest BCUT2D eigenvalue weighted by molar-refractivity contribution is 6.31. The van der Waals surface area contributed by atoms with Gasteiger partial charge in [-0.1, -0.05) is 29.8 Å². The Morgan fingerprint density at radius 3 is 2.70 bits per heavy atom. The van der Waals surface area contributed by atoms with Crippen molar-refractivity contribution in [2.45, 2.75) is 31.8 Å². The van der Waals surface area contributed by atoms with Gasteiger partial charge in [-0.15, -0.1) is 0 Å². The zero-order valence-electron chi connectivity index (χ0n) is 11.4. The summed E-state index contributed by atoms with van der Waals surface area (Å²) >= 11 is 6.14. The van der Waals surface area contributed by atoms with Gasteiger partial charge in [-0.25, -0.2) is 0 Å². The van der Waals surface area contributed by atoms with Crippen molar-refractivity contribution in [3.8, 4) is 0 Å². The Hall–Kier alpha value is -1.55. The van der Waals surface area contributed by atoms with Crippen LogP contribution in [0.1, 0.15) is 25.3 Å². The van der Waals surface area contributed by atoms with Crippen LogP contribution in [0.25, 0.3) is 0 Å². The Labute approximate surface area is 123 Å². The SMILES string of the molecule is CC1(C2CC2)NC(=O)CN(Cc2ccccc2Cl)C1=O. The summed E-state index contributed by atoms with van der Waals surface area (Å²) in [5.74, 6) is 0.179. The van der Waals surface area contributed by atoms with Gasteiger partial charge in [-0.3, -0.25) is 9.59 Å². The molecule has 2 fully saturated rings. The molecule has 0 radical (unpaired) electrons. The fourth-order valence-electron chi connectivity index (χ4n) is 2.85. The van der Waals surface area contributed by atoms with Crippen LogP contribution in [0.2, 0.25) is 5.02 Å². The van der Waals surface area contributed by atoms with E-state index in [1.165, 1.54) is 0 Å². The second-order valence-corrected chi connectivity index (χ2v) is 6.18. The maximum atomic E-state index is 12.7. The van der Waals surface area contributed by atoms with E-state index in [1.54, 1.807) is 11.0 Å². The van der Waals surface area contributed by atoms with Gasteiger partial charge in [0.2, 0.25) is 11.8 Å². The number of halogens is 1. The first-order valence-electron chi connectivity index (χ1n) is 6.84. The summed E-state index contributed by atoms with van der Waals surface area (Å²) in [4.78, 5) is 26.2. The van der Waals surface area contributed by atoms with Crippen LogP contribution in [0.3, 0.4) is 0 Å². The molecular weight excluding hydrogens is 276 g/mol. The number of amides is 2. The van der Waals surface area contributed by atoms with Crippen LogP contribution in [0.15, 0.2) is 24.3 Å². The minimum Gasteiger partial charge on any atom is -0.340 e. The Morgan fingerprint density at radius 1 is 1.35 bits per heavy atom. The molecule has 0 bridgehead atoms. The van der Waals surface area contributed by atoms with E-state index in [0.717, 1.165) is 18.4 Å². The molecule has 1 heterocycles. The molecule has 4 nitrogen and oxygen atoms in total. The molecule has 2 amide bonds. The summed E-state index contributed by atoms with van der Waals surface area (Å²) in [5, 5.41) is 3.50. The first-order chi connectivity index (χ1) is 9.50. The van der Waals surface area contributed by atoms with E-state index in [4.69, 9.17) is 11.6 Å². The molecule has 20 heavy (non-hydrogen) atoms. The average molecular weight is 293 g/mol. The van der Waals surface area contributed by atoms with Crippen molar-refractivity contribution < 1.29 is 9.59 Å². The summed E-state index contributed by atoms with van der Waals surface area (Å²) < 4.78 is 0.